The van der Waals surface area contributed by atoms with Crippen LogP contribution in [0.25, 0.3) is 0 Å². The number of fused-ring (bicyclic) bond motifs is 2. The van der Waals surface area contributed by atoms with Gasteiger partial charge in [0.15, 0.2) is 0 Å². The predicted octanol–water partition coefficient (Wildman–Crippen LogP) is 3.38. The number of carbonyl (C=O) groups excluding carboxylic acids is 1. The maximum absolute atomic E-state index is 12.5. The van der Waals surface area contributed by atoms with E-state index in [1.807, 2.05) is 0 Å². The minimum atomic E-state index is -0.206. The number of rotatable bonds is 7. The van der Waals surface area contributed by atoms with Gasteiger partial charge in [0.05, 0.1) is 24.2 Å². The molecule has 0 saturated carbocycles. The van der Waals surface area contributed by atoms with E-state index in [1.165, 1.54) is 35.7 Å². The minimum Gasteiger partial charge on any atom is -0.462 e. The van der Waals surface area contributed by atoms with Gasteiger partial charge in [-0.05, 0) is 69.8 Å². The summed E-state index contributed by atoms with van der Waals surface area (Å²) in [7, 11) is 2.15. The number of anilines is 2. The fourth-order valence-electron chi connectivity index (χ4n) is 7.19. The molecule has 1 aliphatic carbocycles. The lowest BCUT2D eigenvalue weighted by Gasteiger charge is -2.43. The Morgan fingerprint density at radius 3 is 2.80 bits per heavy atom. The maximum atomic E-state index is 12.5. The summed E-state index contributed by atoms with van der Waals surface area (Å²) in [4.78, 5) is 31.5. The largest absolute Gasteiger partial charge is 0.462 e. The lowest BCUT2D eigenvalue weighted by Crippen LogP contribution is -2.55. The number of ether oxygens (including phenoxy) is 1. The van der Waals surface area contributed by atoms with E-state index >= 15 is 0 Å². The van der Waals surface area contributed by atoms with Gasteiger partial charge in [-0.2, -0.15) is 15.2 Å². The SMILES string of the molecule is C=CC(=O)N1CCN(c2nc(OC[C@@H]3CCCN3C)nc3c2CCC(N2CCCc4ccccc42)C3)C[C@@H]1CC#N. The predicted molar refractivity (Wildman–Crippen MR) is 159 cm³/mol. The van der Waals surface area contributed by atoms with Crippen LogP contribution in [-0.2, 0) is 24.1 Å². The number of aromatic nitrogens is 2. The summed E-state index contributed by atoms with van der Waals surface area (Å²) in [6, 6.07) is 12.1. The monoisotopic (exact) mass is 555 g/mol. The summed E-state index contributed by atoms with van der Waals surface area (Å²) in [6.07, 6.45) is 9.04. The molecular weight excluding hydrogens is 514 g/mol. The average molecular weight is 556 g/mol. The lowest BCUT2D eigenvalue weighted by molar-refractivity contribution is -0.128. The van der Waals surface area contributed by atoms with Gasteiger partial charge >= 0.3 is 6.01 Å². The molecule has 6 rings (SSSR count). The quantitative estimate of drug-likeness (QED) is 0.481. The molecule has 0 radical (unpaired) electrons. The number of carbonyl (C=O) groups is 1. The van der Waals surface area contributed by atoms with Crippen molar-refractivity contribution in [3.8, 4) is 12.1 Å². The van der Waals surface area contributed by atoms with Gasteiger partial charge < -0.3 is 24.3 Å². The number of nitrogens with zero attached hydrogens (tertiary/aromatic N) is 7. The summed E-state index contributed by atoms with van der Waals surface area (Å²) < 4.78 is 6.31. The van der Waals surface area contributed by atoms with E-state index in [1.54, 1.807) is 4.90 Å². The molecule has 4 aliphatic rings. The van der Waals surface area contributed by atoms with Crippen molar-refractivity contribution in [3.05, 3.63) is 53.7 Å². The Bertz CT molecular complexity index is 1320. The molecule has 0 spiro atoms. The van der Waals surface area contributed by atoms with Gasteiger partial charge in [-0.1, -0.05) is 24.8 Å². The number of benzene rings is 1. The summed E-state index contributed by atoms with van der Waals surface area (Å²) >= 11 is 0. The molecule has 1 aromatic carbocycles. The topological polar surface area (TPSA) is 88.8 Å². The standard InChI is InChI=1S/C32H41N7O2/c1-3-30(40)39-19-18-37(21-25(39)14-15-33)31-27-13-12-24(38-17-6-9-23-8-4-5-11-29(23)38)20-28(27)34-32(35-31)41-22-26-10-7-16-36(26)2/h3-5,8,11,24-26H,1,6-7,9-10,12-14,16-22H2,2H3/t24?,25-,26-/m0/s1. The van der Waals surface area contributed by atoms with Gasteiger partial charge in [-0.25, -0.2) is 0 Å². The Hall–Kier alpha value is -3.64. The van der Waals surface area contributed by atoms with Gasteiger partial charge in [0.1, 0.15) is 12.4 Å². The van der Waals surface area contributed by atoms with E-state index in [0.717, 1.165) is 56.7 Å². The van der Waals surface area contributed by atoms with E-state index < -0.39 is 0 Å². The highest BCUT2D eigenvalue weighted by molar-refractivity contribution is 5.87. The molecule has 1 aromatic heterocycles. The van der Waals surface area contributed by atoms with Crippen LogP contribution in [-0.4, -0.2) is 90.2 Å². The number of likely N-dealkylation sites (tertiary alicyclic amines) is 1. The zero-order valence-electron chi connectivity index (χ0n) is 24.2. The van der Waals surface area contributed by atoms with E-state index in [0.29, 0.717) is 44.3 Å². The summed E-state index contributed by atoms with van der Waals surface area (Å²) in [5, 5.41) is 9.52. The van der Waals surface area contributed by atoms with Gasteiger partial charge in [-0.3, -0.25) is 4.79 Å². The third-order valence-corrected chi connectivity index (χ3v) is 9.44. The summed E-state index contributed by atoms with van der Waals surface area (Å²) in [6.45, 7) is 8.15. The maximum Gasteiger partial charge on any atom is 0.318 e. The first-order chi connectivity index (χ1) is 20.1. The van der Waals surface area contributed by atoms with Gasteiger partial charge in [0, 0.05) is 55.9 Å². The molecule has 9 heteroatoms. The van der Waals surface area contributed by atoms with Crippen LogP contribution in [0.1, 0.15) is 48.9 Å². The molecule has 2 fully saturated rings. The lowest BCUT2D eigenvalue weighted by atomic mass is 9.88. The minimum absolute atomic E-state index is 0.121. The molecule has 216 valence electrons. The van der Waals surface area contributed by atoms with Crippen molar-refractivity contribution >= 4 is 17.4 Å². The number of piperazine rings is 1. The van der Waals surface area contributed by atoms with Gasteiger partial charge in [0.25, 0.3) is 0 Å². The smallest absolute Gasteiger partial charge is 0.318 e. The third-order valence-electron chi connectivity index (χ3n) is 9.44. The zero-order chi connectivity index (χ0) is 28.3. The number of para-hydroxylation sites is 1. The number of likely N-dealkylation sites (N-methyl/N-ethyl adjacent to an activating group) is 1. The highest BCUT2D eigenvalue weighted by Crippen LogP contribution is 2.37. The first-order valence-electron chi connectivity index (χ1n) is 15.2. The number of nitriles is 1. The van der Waals surface area contributed by atoms with Crippen molar-refractivity contribution < 1.29 is 9.53 Å². The van der Waals surface area contributed by atoms with Crippen LogP contribution in [0.3, 0.4) is 0 Å². The van der Waals surface area contributed by atoms with Crippen LogP contribution in [0.15, 0.2) is 36.9 Å². The Labute approximate surface area is 243 Å². The summed E-state index contributed by atoms with van der Waals surface area (Å²) in [5.41, 5.74) is 5.07. The Kier molecular flexibility index (Phi) is 8.11. The average Bonchev–Trinajstić information content (AvgIpc) is 3.43. The van der Waals surface area contributed by atoms with Crippen molar-refractivity contribution in [3.63, 3.8) is 0 Å². The van der Waals surface area contributed by atoms with E-state index in [-0.39, 0.29) is 18.4 Å². The van der Waals surface area contributed by atoms with Gasteiger partial charge in [-0.15, -0.1) is 0 Å². The number of aryl methyl sites for hydroxylation is 1. The molecule has 0 N–H and O–H groups in total. The molecule has 1 unspecified atom stereocenters. The number of amides is 1. The fourth-order valence-corrected chi connectivity index (χ4v) is 7.19. The highest BCUT2D eigenvalue weighted by Gasteiger charge is 2.35. The molecular formula is C32H41N7O2. The van der Waals surface area contributed by atoms with Gasteiger partial charge in [0.2, 0.25) is 5.91 Å². The highest BCUT2D eigenvalue weighted by atomic mass is 16.5. The third kappa shape index (κ3) is 5.62. The number of hydrogen-bond donors (Lipinski definition) is 0. The molecule has 2 aromatic rings. The van der Waals surface area contributed by atoms with Crippen molar-refractivity contribution in [1.29, 1.82) is 5.26 Å². The van der Waals surface area contributed by atoms with E-state index in [2.05, 4.69) is 58.7 Å². The first kappa shape index (κ1) is 27.5. The Balaban J connectivity index is 1.29. The van der Waals surface area contributed by atoms with Crippen LogP contribution < -0.4 is 14.5 Å². The molecule has 4 heterocycles. The number of hydrogen-bond acceptors (Lipinski definition) is 8. The van der Waals surface area contributed by atoms with Crippen molar-refractivity contribution in [2.24, 2.45) is 0 Å². The first-order valence-corrected chi connectivity index (χ1v) is 15.2. The molecule has 41 heavy (non-hydrogen) atoms. The second-order valence-electron chi connectivity index (χ2n) is 11.9. The summed E-state index contributed by atoms with van der Waals surface area (Å²) in [5.74, 6) is 0.792. The Morgan fingerprint density at radius 2 is 2.00 bits per heavy atom. The Morgan fingerprint density at radius 1 is 1.12 bits per heavy atom. The zero-order valence-corrected chi connectivity index (χ0v) is 24.2. The fraction of sp³-hybridized carbons (Fsp3) is 0.562. The van der Waals surface area contributed by atoms with E-state index in [9.17, 15) is 10.1 Å². The van der Waals surface area contributed by atoms with Crippen LogP contribution in [0, 0.1) is 11.3 Å². The van der Waals surface area contributed by atoms with Crippen LogP contribution in [0.5, 0.6) is 6.01 Å². The van der Waals surface area contributed by atoms with Crippen molar-refractivity contribution in [1.82, 2.24) is 19.8 Å². The normalized spacial score (nSPS) is 24.4. The molecule has 1 amide bonds. The van der Waals surface area contributed by atoms with Crippen LogP contribution in [0.2, 0.25) is 0 Å². The van der Waals surface area contributed by atoms with Crippen LogP contribution in [0.4, 0.5) is 11.5 Å². The second-order valence-corrected chi connectivity index (χ2v) is 11.9. The molecule has 3 aliphatic heterocycles. The second kappa shape index (κ2) is 12.1. The molecule has 3 atom stereocenters. The van der Waals surface area contributed by atoms with E-state index in [4.69, 9.17) is 14.7 Å². The molecule has 0 bridgehead atoms. The molecule has 9 nitrogen and oxygen atoms in total. The van der Waals surface area contributed by atoms with Crippen molar-refractivity contribution in [2.45, 2.75) is 69.5 Å². The molecule has 2 saturated heterocycles. The van der Waals surface area contributed by atoms with Crippen LogP contribution >= 0.6 is 0 Å². The van der Waals surface area contributed by atoms with Crippen molar-refractivity contribution in [2.75, 3.05) is 56.2 Å².